The van der Waals surface area contributed by atoms with E-state index in [1.165, 1.54) is 7.05 Å². The van der Waals surface area contributed by atoms with Gasteiger partial charge in [0.05, 0.1) is 0 Å². The highest BCUT2D eigenvalue weighted by Gasteiger charge is 1.78. The molecule has 0 bridgehead atoms. The fourth-order valence-corrected chi connectivity index (χ4v) is 0.110. The molecule has 0 saturated heterocycles. The monoisotopic (exact) mass is 87.0 g/mol. The third-order valence-electron chi connectivity index (χ3n) is 0.240. The smallest absolute Gasteiger partial charge is 0.346 e. The molecule has 3 heteroatoms. The van der Waals surface area contributed by atoms with Crippen molar-refractivity contribution in [3.63, 3.8) is 0 Å². The second-order valence-corrected chi connectivity index (χ2v) is 0.726. The number of carboxylic acids is 1. The fourth-order valence-electron chi connectivity index (χ4n) is 0.110. The molecule has 1 N–H and O–H groups in total. The van der Waals surface area contributed by atoms with Gasteiger partial charge in [0.2, 0.25) is 0 Å². The van der Waals surface area contributed by atoms with Gasteiger partial charge in [-0.2, -0.15) is 0 Å². The van der Waals surface area contributed by atoms with E-state index >= 15 is 0 Å². The Morgan fingerprint density at radius 3 is 2.50 bits per heavy atom. The number of carbonyl (C=O) groups is 1. The zero-order chi connectivity index (χ0) is 4.99. The van der Waals surface area contributed by atoms with Crippen LogP contribution in [0.4, 0.5) is 0 Å². The summed E-state index contributed by atoms with van der Waals surface area (Å²) >= 11 is 0. The molecule has 0 unspecified atom stereocenters. The number of hydrogen-bond donors (Lipinski definition) is 1. The van der Waals surface area contributed by atoms with E-state index in [1.54, 1.807) is 0 Å². The van der Waals surface area contributed by atoms with Crippen LogP contribution < -0.4 is 0 Å². The first-order valence-corrected chi connectivity index (χ1v) is 1.42. The summed E-state index contributed by atoms with van der Waals surface area (Å²) in [4.78, 5) is 12.7. The van der Waals surface area contributed by atoms with E-state index in [1.807, 2.05) is 0 Å². The van der Waals surface area contributed by atoms with Gasteiger partial charge in [-0.1, -0.05) is 0 Å². The van der Waals surface area contributed by atoms with Crippen molar-refractivity contribution in [3.8, 4) is 0 Å². The van der Waals surface area contributed by atoms with E-state index in [2.05, 4.69) is 4.99 Å². The summed E-state index contributed by atoms with van der Waals surface area (Å²) in [5.41, 5.74) is 0. The lowest BCUT2D eigenvalue weighted by Crippen LogP contribution is -1.93. The van der Waals surface area contributed by atoms with Crippen molar-refractivity contribution in [1.82, 2.24) is 0 Å². The summed E-state index contributed by atoms with van der Waals surface area (Å²) < 4.78 is 0. The Kier molecular flexibility index (Phi) is 2.04. The third kappa shape index (κ3) is 3.14. The third-order valence-corrected chi connectivity index (χ3v) is 0.240. The largest absolute Gasteiger partial charge is 0.477 e. The molecule has 0 spiro atoms. The second kappa shape index (κ2) is 2.38. The molecule has 3 nitrogen and oxygen atoms in total. The number of rotatable bonds is 1. The second-order valence-electron chi connectivity index (χ2n) is 0.726. The minimum atomic E-state index is -1.00. The van der Waals surface area contributed by atoms with Crippen LogP contribution >= 0.6 is 0 Å². The maximum atomic E-state index is 9.45. The Labute approximate surface area is 35.3 Å². The molecule has 0 aromatic rings. The maximum Gasteiger partial charge on any atom is 0.346 e. The average molecular weight is 87.1 g/mol. The molecule has 0 heterocycles. The van der Waals surface area contributed by atoms with Crippen LogP contribution in [0.2, 0.25) is 0 Å². The van der Waals surface area contributed by atoms with Crippen LogP contribution in [-0.2, 0) is 4.79 Å². The van der Waals surface area contributed by atoms with Crippen LogP contribution in [0.3, 0.4) is 0 Å². The fraction of sp³-hybridized carbons (Fsp3) is 0.333. The molecular formula is C3H5NO2. The lowest BCUT2D eigenvalue weighted by Gasteiger charge is -1.68. The van der Waals surface area contributed by atoms with Gasteiger partial charge in [-0.05, 0) is 0 Å². The van der Waals surface area contributed by atoms with Gasteiger partial charge >= 0.3 is 5.97 Å². The summed E-state index contributed by atoms with van der Waals surface area (Å²) in [6.07, 6.45) is 0.833. The van der Waals surface area contributed by atoms with Crippen molar-refractivity contribution in [3.05, 3.63) is 0 Å². The minimum Gasteiger partial charge on any atom is -0.477 e. The molecule has 0 rings (SSSR count). The lowest BCUT2D eigenvalue weighted by molar-refractivity contribution is -0.128. The van der Waals surface area contributed by atoms with Crippen LogP contribution in [0.25, 0.3) is 0 Å². The van der Waals surface area contributed by atoms with Crippen molar-refractivity contribution >= 4 is 12.2 Å². The minimum absolute atomic E-state index is 0.833. The Bertz CT molecular complexity index is 76.9. The molecule has 6 heavy (non-hydrogen) atoms. The molecule has 34 valence electrons. The van der Waals surface area contributed by atoms with E-state index < -0.39 is 5.97 Å². The number of nitrogens with zero attached hydrogens (tertiary/aromatic N) is 1. The van der Waals surface area contributed by atoms with Crippen LogP contribution in [0.15, 0.2) is 4.99 Å². The number of aliphatic imine (C=N–C) groups is 1. The summed E-state index contributed by atoms with van der Waals surface area (Å²) in [6.45, 7) is 0. The standard InChI is InChI=1S/C3H5NO2/c1-4-2-3(5)6/h2H,1H3,(H,5,6)/b4-2+. The van der Waals surface area contributed by atoms with Crippen LogP contribution in [-0.4, -0.2) is 24.3 Å². The van der Waals surface area contributed by atoms with Gasteiger partial charge in [-0.25, -0.2) is 4.79 Å². The molecule has 0 aromatic carbocycles. The van der Waals surface area contributed by atoms with Gasteiger partial charge in [0.1, 0.15) is 6.21 Å². The number of aliphatic carboxylic acids is 1. The Balaban J connectivity index is 3.30. The topological polar surface area (TPSA) is 49.7 Å². The molecule has 0 aliphatic rings. The van der Waals surface area contributed by atoms with Crippen molar-refractivity contribution in [2.75, 3.05) is 7.05 Å². The lowest BCUT2D eigenvalue weighted by atomic mass is 10.8. The summed E-state index contributed by atoms with van der Waals surface area (Å²) in [6, 6.07) is 0. The van der Waals surface area contributed by atoms with Crippen LogP contribution in [0.1, 0.15) is 0 Å². The van der Waals surface area contributed by atoms with Gasteiger partial charge in [0.25, 0.3) is 0 Å². The van der Waals surface area contributed by atoms with E-state index in [0.29, 0.717) is 0 Å². The SMILES string of the molecule is C/N=C/C(=O)O. The predicted octanol–water partition coefficient (Wildman–Crippen LogP) is -0.228. The molecule has 0 aliphatic carbocycles. The van der Waals surface area contributed by atoms with Crippen LogP contribution in [0, 0.1) is 0 Å². The van der Waals surface area contributed by atoms with Crippen molar-refractivity contribution in [2.45, 2.75) is 0 Å². The van der Waals surface area contributed by atoms with Gasteiger partial charge < -0.3 is 5.11 Å². The zero-order valence-corrected chi connectivity index (χ0v) is 3.38. The first-order chi connectivity index (χ1) is 2.77. The normalized spacial score (nSPS) is 9.50. The Hall–Kier alpha value is -0.860. The highest BCUT2D eigenvalue weighted by atomic mass is 16.4. The van der Waals surface area contributed by atoms with Gasteiger partial charge in [0, 0.05) is 7.05 Å². The Morgan fingerprint density at radius 1 is 2.00 bits per heavy atom. The maximum absolute atomic E-state index is 9.45. The summed E-state index contributed by atoms with van der Waals surface area (Å²) in [5, 5.41) is 7.76. The van der Waals surface area contributed by atoms with Crippen molar-refractivity contribution in [2.24, 2.45) is 4.99 Å². The first-order valence-electron chi connectivity index (χ1n) is 1.42. The molecular weight excluding hydrogens is 82.0 g/mol. The predicted molar refractivity (Wildman–Crippen MR) is 22.1 cm³/mol. The van der Waals surface area contributed by atoms with Gasteiger partial charge in [-0.3, -0.25) is 4.99 Å². The highest BCUT2D eigenvalue weighted by Crippen LogP contribution is 1.50. The summed E-state index contributed by atoms with van der Waals surface area (Å²) in [7, 11) is 1.41. The summed E-state index contributed by atoms with van der Waals surface area (Å²) in [5.74, 6) is -1.00. The number of hydrogen-bond acceptors (Lipinski definition) is 2. The zero-order valence-electron chi connectivity index (χ0n) is 3.38. The molecule has 0 saturated carbocycles. The van der Waals surface area contributed by atoms with E-state index in [4.69, 9.17) is 5.11 Å². The quantitative estimate of drug-likeness (QED) is 0.449. The molecule has 0 fully saturated rings. The first kappa shape index (κ1) is 5.14. The molecule has 0 aromatic heterocycles. The van der Waals surface area contributed by atoms with Gasteiger partial charge in [-0.15, -0.1) is 0 Å². The average Bonchev–Trinajstić information content (AvgIpc) is 1.35. The van der Waals surface area contributed by atoms with E-state index in [0.717, 1.165) is 6.21 Å². The van der Waals surface area contributed by atoms with E-state index in [-0.39, 0.29) is 0 Å². The van der Waals surface area contributed by atoms with Gasteiger partial charge in [0.15, 0.2) is 0 Å². The highest BCUT2D eigenvalue weighted by molar-refractivity contribution is 6.21. The molecule has 0 amide bonds. The molecule has 0 aliphatic heterocycles. The molecule has 0 atom stereocenters. The number of carboxylic acid groups (broad SMARTS) is 1. The van der Waals surface area contributed by atoms with Crippen LogP contribution in [0.5, 0.6) is 0 Å². The van der Waals surface area contributed by atoms with E-state index in [9.17, 15) is 4.79 Å². The Morgan fingerprint density at radius 2 is 2.50 bits per heavy atom. The van der Waals surface area contributed by atoms with Crippen molar-refractivity contribution < 1.29 is 9.90 Å². The van der Waals surface area contributed by atoms with Crippen molar-refractivity contribution in [1.29, 1.82) is 0 Å². The molecule has 0 radical (unpaired) electrons.